The summed E-state index contributed by atoms with van der Waals surface area (Å²) >= 11 is 0. The summed E-state index contributed by atoms with van der Waals surface area (Å²) in [7, 11) is -3.32. The zero-order valence-electron chi connectivity index (χ0n) is 13.6. The van der Waals surface area contributed by atoms with Gasteiger partial charge in [0.15, 0.2) is 11.5 Å². The monoisotopic (exact) mass is 347 g/mol. The summed E-state index contributed by atoms with van der Waals surface area (Å²) in [6.07, 6.45) is 1.51. The lowest BCUT2D eigenvalue weighted by atomic mass is 10.1. The van der Waals surface area contributed by atoms with E-state index in [1.54, 1.807) is 0 Å². The molecule has 0 amide bonds. The van der Waals surface area contributed by atoms with Crippen LogP contribution in [-0.2, 0) is 22.2 Å². The summed E-state index contributed by atoms with van der Waals surface area (Å²) in [6, 6.07) is 13.4. The second kappa shape index (κ2) is 7.23. The summed E-state index contributed by atoms with van der Waals surface area (Å²) in [5.41, 5.74) is 2.93. The van der Waals surface area contributed by atoms with Gasteiger partial charge in [-0.1, -0.05) is 30.3 Å². The highest BCUT2D eigenvalue weighted by Gasteiger charge is 2.14. The first-order valence-electron chi connectivity index (χ1n) is 7.94. The van der Waals surface area contributed by atoms with Gasteiger partial charge in [0.05, 0.1) is 5.75 Å². The molecule has 0 radical (unpaired) electrons. The smallest absolute Gasteiger partial charge is 0.231 e. The Morgan fingerprint density at radius 2 is 1.88 bits per heavy atom. The Hall–Kier alpha value is -2.05. The highest BCUT2D eigenvalue weighted by Crippen LogP contribution is 2.32. The Labute approximate surface area is 142 Å². The largest absolute Gasteiger partial charge is 0.454 e. The second-order valence-corrected chi connectivity index (χ2v) is 7.68. The quantitative estimate of drug-likeness (QED) is 0.782. The maximum Gasteiger partial charge on any atom is 0.231 e. The lowest BCUT2D eigenvalue weighted by Crippen LogP contribution is -2.26. The molecule has 6 heteroatoms. The van der Waals surface area contributed by atoms with E-state index >= 15 is 0 Å². The number of aryl methyl sites for hydroxylation is 2. The zero-order valence-corrected chi connectivity index (χ0v) is 14.4. The molecule has 128 valence electrons. The van der Waals surface area contributed by atoms with Crippen molar-refractivity contribution in [1.82, 2.24) is 4.72 Å². The summed E-state index contributed by atoms with van der Waals surface area (Å²) in [5.74, 6) is 1.54. The molecule has 5 nitrogen and oxygen atoms in total. The Balaban J connectivity index is 1.48. The van der Waals surface area contributed by atoms with Crippen molar-refractivity contribution in [1.29, 1.82) is 0 Å². The number of nitrogens with one attached hydrogen (secondary N) is 1. The number of ether oxygens (including phenoxy) is 2. The fourth-order valence-corrected chi connectivity index (χ4v) is 3.94. The summed E-state index contributed by atoms with van der Waals surface area (Å²) in [6.45, 7) is 2.60. The van der Waals surface area contributed by atoms with E-state index in [9.17, 15) is 8.42 Å². The lowest BCUT2D eigenvalue weighted by molar-refractivity contribution is 0.174. The van der Waals surface area contributed by atoms with Gasteiger partial charge in [0.2, 0.25) is 16.8 Å². The molecule has 1 aliphatic heterocycles. The number of hydrogen-bond acceptors (Lipinski definition) is 4. The summed E-state index contributed by atoms with van der Waals surface area (Å²) in [4.78, 5) is 0. The minimum absolute atomic E-state index is 0.0176. The van der Waals surface area contributed by atoms with E-state index in [0.717, 1.165) is 41.0 Å². The molecule has 3 rings (SSSR count). The van der Waals surface area contributed by atoms with E-state index < -0.39 is 10.0 Å². The normalized spacial score (nSPS) is 13.2. The molecular weight excluding hydrogens is 326 g/mol. The van der Waals surface area contributed by atoms with E-state index in [1.165, 1.54) is 0 Å². The number of hydrogen-bond donors (Lipinski definition) is 1. The van der Waals surface area contributed by atoms with Gasteiger partial charge < -0.3 is 9.47 Å². The van der Waals surface area contributed by atoms with Crippen LogP contribution in [0.3, 0.4) is 0 Å². The molecule has 0 fully saturated rings. The lowest BCUT2D eigenvalue weighted by Gasteiger charge is -2.09. The van der Waals surface area contributed by atoms with E-state index in [1.807, 2.05) is 49.4 Å². The fraction of sp³-hybridized carbons (Fsp3) is 0.333. The van der Waals surface area contributed by atoms with Crippen LogP contribution in [0.1, 0.15) is 23.1 Å². The van der Waals surface area contributed by atoms with Crippen LogP contribution in [0.4, 0.5) is 0 Å². The fourth-order valence-electron chi connectivity index (χ4n) is 2.64. The first kappa shape index (κ1) is 16.8. The average molecular weight is 347 g/mol. The van der Waals surface area contributed by atoms with Gasteiger partial charge in [-0.2, -0.15) is 0 Å². The average Bonchev–Trinajstić information content (AvgIpc) is 3.01. The van der Waals surface area contributed by atoms with Crippen molar-refractivity contribution >= 4 is 10.0 Å². The molecule has 24 heavy (non-hydrogen) atoms. The molecule has 0 spiro atoms. The van der Waals surface area contributed by atoms with E-state index in [4.69, 9.17) is 9.47 Å². The highest BCUT2D eigenvalue weighted by atomic mass is 32.2. The number of benzene rings is 2. The van der Waals surface area contributed by atoms with Gasteiger partial charge in [0.25, 0.3) is 0 Å². The molecule has 1 aliphatic rings. The van der Waals surface area contributed by atoms with Gasteiger partial charge in [0, 0.05) is 6.54 Å². The standard InChI is InChI=1S/C18H21NO4S/c1-14-5-2-3-7-16(14)12-24(20,21)19-10-4-6-15-8-9-17-18(11-15)23-13-22-17/h2-3,5,7-9,11,19H,4,6,10,12-13H2,1H3. The van der Waals surface area contributed by atoms with Crippen molar-refractivity contribution in [2.75, 3.05) is 13.3 Å². The van der Waals surface area contributed by atoms with E-state index in [0.29, 0.717) is 6.54 Å². The zero-order chi connectivity index (χ0) is 17.0. The topological polar surface area (TPSA) is 64.6 Å². The maximum atomic E-state index is 12.2. The molecule has 0 bridgehead atoms. The van der Waals surface area contributed by atoms with Crippen LogP contribution in [0.2, 0.25) is 0 Å². The molecule has 0 saturated carbocycles. The Morgan fingerprint density at radius 1 is 1.08 bits per heavy atom. The van der Waals surface area contributed by atoms with Crippen molar-refractivity contribution in [3.63, 3.8) is 0 Å². The molecule has 0 aliphatic carbocycles. The molecule has 1 N–H and O–H groups in total. The van der Waals surface area contributed by atoms with Crippen molar-refractivity contribution < 1.29 is 17.9 Å². The van der Waals surface area contributed by atoms with Gasteiger partial charge in [-0.3, -0.25) is 0 Å². The van der Waals surface area contributed by atoms with Crippen LogP contribution in [0, 0.1) is 6.92 Å². The minimum Gasteiger partial charge on any atom is -0.454 e. The number of sulfonamides is 1. The third-order valence-corrected chi connectivity index (χ3v) is 5.34. The third-order valence-electron chi connectivity index (χ3n) is 4.01. The van der Waals surface area contributed by atoms with Crippen LogP contribution >= 0.6 is 0 Å². The molecule has 0 atom stereocenters. The van der Waals surface area contributed by atoms with Crippen molar-refractivity contribution in [2.24, 2.45) is 0 Å². The molecular formula is C18H21NO4S. The molecule has 1 heterocycles. The Bertz CT molecular complexity index is 818. The van der Waals surface area contributed by atoms with E-state index in [-0.39, 0.29) is 12.5 Å². The van der Waals surface area contributed by atoms with Gasteiger partial charge in [0.1, 0.15) is 0 Å². The second-order valence-electron chi connectivity index (χ2n) is 5.87. The molecule has 0 saturated heterocycles. The Morgan fingerprint density at radius 3 is 2.71 bits per heavy atom. The van der Waals surface area contributed by atoms with E-state index in [2.05, 4.69) is 4.72 Å². The number of rotatable bonds is 7. The minimum atomic E-state index is -3.32. The van der Waals surface area contributed by atoms with Gasteiger partial charge in [-0.25, -0.2) is 13.1 Å². The first-order chi connectivity index (χ1) is 11.5. The predicted molar refractivity (Wildman–Crippen MR) is 92.7 cm³/mol. The first-order valence-corrected chi connectivity index (χ1v) is 9.59. The number of fused-ring (bicyclic) bond motifs is 1. The van der Waals surface area contributed by atoms with Crippen LogP contribution < -0.4 is 14.2 Å². The van der Waals surface area contributed by atoms with Gasteiger partial charge >= 0.3 is 0 Å². The molecule has 0 aromatic heterocycles. The molecule has 2 aromatic rings. The van der Waals surface area contributed by atoms with Crippen LogP contribution in [0.15, 0.2) is 42.5 Å². The van der Waals surface area contributed by atoms with Crippen LogP contribution in [0.25, 0.3) is 0 Å². The third kappa shape index (κ3) is 4.27. The van der Waals surface area contributed by atoms with Gasteiger partial charge in [-0.05, 0) is 48.6 Å². The summed E-state index contributed by atoms with van der Waals surface area (Å²) in [5, 5.41) is 0. The van der Waals surface area contributed by atoms with Gasteiger partial charge in [-0.15, -0.1) is 0 Å². The van der Waals surface area contributed by atoms with Crippen LogP contribution in [0.5, 0.6) is 11.5 Å². The maximum absolute atomic E-state index is 12.2. The molecule has 2 aromatic carbocycles. The van der Waals surface area contributed by atoms with Crippen LogP contribution in [-0.4, -0.2) is 21.8 Å². The SMILES string of the molecule is Cc1ccccc1CS(=O)(=O)NCCCc1ccc2c(c1)OCO2. The van der Waals surface area contributed by atoms with Crippen molar-refractivity contribution in [2.45, 2.75) is 25.5 Å². The van der Waals surface area contributed by atoms with Crippen molar-refractivity contribution in [3.8, 4) is 11.5 Å². The Kier molecular flexibility index (Phi) is 5.06. The highest BCUT2D eigenvalue weighted by molar-refractivity contribution is 7.88. The molecule has 0 unspecified atom stereocenters. The summed E-state index contributed by atoms with van der Waals surface area (Å²) < 4.78 is 37.6. The van der Waals surface area contributed by atoms with Crippen molar-refractivity contribution in [3.05, 3.63) is 59.2 Å². The predicted octanol–water partition coefficient (Wildman–Crippen LogP) is 2.78.